The second-order valence-electron chi connectivity index (χ2n) is 14.1. The van der Waals surface area contributed by atoms with Crippen LogP contribution in [0.4, 0.5) is 0 Å². The number of oxazole rings is 1. The van der Waals surface area contributed by atoms with Gasteiger partial charge in [-0.1, -0.05) is 104 Å². The number of piperidine rings is 1. The van der Waals surface area contributed by atoms with Gasteiger partial charge in [-0.2, -0.15) is 0 Å². The van der Waals surface area contributed by atoms with Crippen LogP contribution in [-0.4, -0.2) is 48.5 Å². The third-order valence-electron chi connectivity index (χ3n) is 10.5. The summed E-state index contributed by atoms with van der Waals surface area (Å²) < 4.78 is 6.82. The molecule has 2 fully saturated rings. The molecule has 1 aliphatic heterocycles. The average molecular weight is 653 g/mol. The van der Waals surface area contributed by atoms with Gasteiger partial charge in [0.25, 0.3) is 0 Å². The largest absolute Gasteiger partial charge is 0.442 e. The molecule has 1 saturated carbocycles. The van der Waals surface area contributed by atoms with Crippen molar-refractivity contribution in [1.29, 1.82) is 0 Å². The number of benzene rings is 3. The highest BCUT2D eigenvalue weighted by Gasteiger charge is 2.34. The number of rotatable bonds is 14. The van der Waals surface area contributed by atoms with Gasteiger partial charge in [0.15, 0.2) is 0 Å². The Morgan fingerprint density at radius 3 is 2.17 bits per heavy atom. The summed E-state index contributed by atoms with van der Waals surface area (Å²) >= 11 is 6.24. The van der Waals surface area contributed by atoms with Crippen molar-refractivity contribution >= 4 is 11.6 Å². The van der Waals surface area contributed by atoms with Crippen molar-refractivity contribution in [2.45, 2.75) is 82.8 Å². The Bertz CT molecular complexity index is 1480. The lowest BCUT2D eigenvalue weighted by Crippen LogP contribution is -2.36. The van der Waals surface area contributed by atoms with E-state index in [0.717, 1.165) is 61.3 Å². The Hall–Kier alpha value is -2.96. The number of halogens is 1. The number of aromatic nitrogens is 1. The highest BCUT2D eigenvalue weighted by molar-refractivity contribution is 6.30. The van der Waals surface area contributed by atoms with Crippen molar-refractivity contribution in [3.8, 4) is 0 Å². The molecule has 1 saturated heterocycles. The fourth-order valence-corrected chi connectivity index (χ4v) is 8.16. The molecule has 47 heavy (non-hydrogen) atoms. The topological polar surface area (TPSA) is 44.5 Å². The van der Waals surface area contributed by atoms with Gasteiger partial charge in [0.05, 0.1) is 18.3 Å². The SMILES string of the molecule is CN(C)C(c1ccc(Cl)cc1)C1CCC(CC(c2nc(Cc3ccccc3)c(CNCCc3ccccc3)o2)N2CCCCC2)CC1. The molecule has 5 nitrogen and oxygen atoms in total. The zero-order valence-electron chi connectivity index (χ0n) is 28.4. The molecule has 0 amide bonds. The second-order valence-corrected chi connectivity index (χ2v) is 14.5. The minimum absolute atomic E-state index is 0.241. The van der Waals surface area contributed by atoms with Crippen molar-refractivity contribution in [3.05, 3.63) is 124 Å². The zero-order valence-corrected chi connectivity index (χ0v) is 29.2. The first kappa shape index (κ1) is 33.9. The lowest BCUT2D eigenvalue weighted by molar-refractivity contribution is 0.0934. The molecule has 2 aliphatic rings. The summed E-state index contributed by atoms with van der Waals surface area (Å²) in [4.78, 5) is 10.4. The first-order valence-electron chi connectivity index (χ1n) is 18.0. The van der Waals surface area contributed by atoms with Crippen LogP contribution >= 0.6 is 11.6 Å². The summed E-state index contributed by atoms with van der Waals surface area (Å²) in [6.45, 7) is 3.89. The molecule has 0 bridgehead atoms. The molecule has 1 aliphatic carbocycles. The maximum Gasteiger partial charge on any atom is 0.212 e. The van der Waals surface area contributed by atoms with E-state index in [-0.39, 0.29) is 6.04 Å². The van der Waals surface area contributed by atoms with Gasteiger partial charge in [0.1, 0.15) is 5.76 Å². The minimum atomic E-state index is 0.241. The Kier molecular flexibility index (Phi) is 12.2. The Morgan fingerprint density at radius 2 is 1.51 bits per heavy atom. The monoisotopic (exact) mass is 652 g/mol. The van der Waals surface area contributed by atoms with Gasteiger partial charge in [-0.05, 0) is 113 Å². The molecule has 1 N–H and O–H groups in total. The molecule has 4 aromatic rings. The van der Waals surface area contributed by atoms with Gasteiger partial charge in [0, 0.05) is 17.5 Å². The van der Waals surface area contributed by atoms with E-state index in [4.69, 9.17) is 21.0 Å². The van der Waals surface area contributed by atoms with E-state index in [2.05, 4.69) is 102 Å². The molecule has 0 spiro atoms. The number of hydrogen-bond acceptors (Lipinski definition) is 5. The number of hydrogen-bond donors (Lipinski definition) is 1. The first-order chi connectivity index (χ1) is 23.0. The van der Waals surface area contributed by atoms with Crippen LogP contribution in [0, 0.1) is 11.8 Å². The molecule has 250 valence electrons. The van der Waals surface area contributed by atoms with Crippen molar-refractivity contribution in [2.24, 2.45) is 11.8 Å². The smallest absolute Gasteiger partial charge is 0.212 e. The van der Waals surface area contributed by atoms with E-state index in [1.54, 1.807) is 0 Å². The van der Waals surface area contributed by atoms with Gasteiger partial charge in [-0.15, -0.1) is 0 Å². The summed E-state index contributed by atoms with van der Waals surface area (Å²) in [6, 6.07) is 30.6. The predicted molar refractivity (Wildman–Crippen MR) is 194 cm³/mol. The molecule has 0 radical (unpaired) electrons. The maximum atomic E-state index is 6.82. The molecule has 2 unspecified atom stereocenters. The summed E-state index contributed by atoms with van der Waals surface area (Å²) in [6.07, 6.45) is 11.8. The Morgan fingerprint density at radius 1 is 0.851 bits per heavy atom. The Labute approximate surface area is 287 Å². The minimum Gasteiger partial charge on any atom is -0.442 e. The summed E-state index contributed by atoms with van der Waals surface area (Å²) in [5.74, 6) is 3.28. The first-order valence-corrected chi connectivity index (χ1v) is 18.3. The van der Waals surface area contributed by atoms with Crippen molar-refractivity contribution in [2.75, 3.05) is 33.7 Å². The lowest BCUT2D eigenvalue weighted by Gasteiger charge is -2.40. The third-order valence-corrected chi connectivity index (χ3v) is 10.8. The van der Waals surface area contributed by atoms with Gasteiger partial charge >= 0.3 is 0 Å². The normalized spacial score (nSPS) is 20.3. The van der Waals surface area contributed by atoms with Crippen molar-refractivity contribution in [3.63, 3.8) is 0 Å². The van der Waals surface area contributed by atoms with Gasteiger partial charge in [0.2, 0.25) is 5.89 Å². The van der Waals surface area contributed by atoms with Crippen LogP contribution < -0.4 is 5.32 Å². The molecule has 6 rings (SSSR count). The van der Waals surface area contributed by atoms with E-state index in [0.29, 0.717) is 24.4 Å². The maximum absolute atomic E-state index is 6.82. The average Bonchev–Trinajstić information content (AvgIpc) is 3.50. The van der Waals surface area contributed by atoms with E-state index >= 15 is 0 Å². The Balaban J connectivity index is 1.17. The highest BCUT2D eigenvalue weighted by Crippen LogP contribution is 2.43. The number of likely N-dealkylation sites (tertiary alicyclic amines) is 1. The molecule has 2 atom stereocenters. The van der Waals surface area contributed by atoms with E-state index in [1.807, 2.05) is 12.1 Å². The van der Waals surface area contributed by atoms with Crippen LogP contribution in [0.3, 0.4) is 0 Å². The molecular formula is C41H53ClN4O. The molecule has 6 heteroatoms. The fourth-order valence-electron chi connectivity index (χ4n) is 8.03. The van der Waals surface area contributed by atoms with E-state index in [9.17, 15) is 0 Å². The number of nitrogens with zero attached hydrogens (tertiary/aromatic N) is 3. The quantitative estimate of drug-likeness (QED) is 0.138. The van der Waals surface area contributed by atoms with E-state index in [1.165, 1.54) is 61.6 Å². The number of nitrogens with one attached hydrogen (secondary N) is 1. The van der Waals surface area contributed by atoms with Crippen LogP contribution in [-0.2, 0) is 19.4 Å². The van der Waals surface area contributed by atoms with Gasteiger partial charge < -0.3 is 14.6 Å². The van der Waals surface area contributed by atoms with Gasteiger partial charge in [-0.25, -0.2) is 4.98 Å². The molecule has 1 aromatic heterocycles. The summed E-state index contributed by atoms with van der Waals surface area (Å²) in [5.41, 5.74) is 5.10. The van der Waals surface area contributed by atoms with Gasteiger partial charge in [-0.3, -0.25) is 4.90 Å². The fraction of sp³-hybridized carbons (Fsp3) is 0.488. The van der Waals surface area contributed by atoms with Crippen LogP contribution in [0.15, 0.2) is 89.3 Å². The molecule has 3 aromatic carbocycles. The molecule has 2 heterocycles. The van der Waals surface area contributed by atoms with Crippen LogP contribution in [0.25, 0.3) is 0 Å². The van der Waals surface area contributed by atoms with Crippen molar-refractivity contribution in [1.82, 2.24) is 20.1 Å². The standard InChI is InChI=1S/C41H53ClN4O/c1-45(2)40(35-20-22-36(42)23-21-35)34-18-16-33(17-19-34)29-38(46-26-10-5-11-27-46)41-44-37(28-32-14-8-4-9-15-32)39(47-41)30-43-25-24-31-12-6-3-7-13-31/h3-4,6-9,12-15,20-23,33-34,38,40,43H,5,10-11,16-19,24-30H2,1-2H3. The predicted octanol–water partition coefficient (Wildman–Crippen LogP) is 9.28. The van der Waals surface area contributed by atoms with Crippen LogP contribution in [0.5, 0.6) is 0 Å². The zero-order chi connectivity index (χ0) is 32.4. The molecular weight excluding hydrogens is 600 g/mol. The highest BCUT2D eigenvalue weighted by atomic mass is 35.5. The van der Waals surface area contributed by atoms with Crippen LogP contribution in [0.2, 0.25) is 5.02 Å². The summed E-state index contributed by atoms with van der Waals surface area (Å²) in [5, 5.41) is 4.48. The van der Waals surface area contributed by atoms with E-state index < -0.39 is 0 Å². The summed E-state index contributed by atoms with van der Waals surface area (Å²) in [7, 11) is 4.45. The van der Waals surface area contributed by atoms with Crippen LogP contribution in [0.1, 0.15) is 97.5 Å². The lowest BCUT2D eigenvalue weighted by atomic mass is 9.74. The second kappa shape index (κ2) is 16.9. The van der Waals surface area contributed by atoms with Crippen molar-refractivity contribution < 1.29 is 4.42 Å². The third kappa shape index (κ3) is 9.35.